The fourth-order valence-corrected chi connectivity index (χ4v) is 2.58. The van der Waals surface area contributed by atoms with E-state index in [2.05, 4.69) is 0 Å². The molecule has 0 aromatic carbocycles. The first kappa shape index (κ1) is 12.8. The Morgan fingerprint density at radius 1 is 1.44 bits per heavy atom. The van der Waals surface area contributed by atoms with Crippen molar-refractivity contribution in [2.24, 2.45) is 5.84 Å². The molecule has 7 heteroatoms. The van der Waals surface area contributed by atoms with Gasteiger partial charge in [0, 0.05) is 6.54 Å². The Bertz CT molecular complexity index is 384. The van der Waals surface area contributed by atoms with E-state index in [0.29, 0.717) is 13.0 Å². The van der Waals surface area contributed by atoms with Gasteiger partial charge in [0.15, 0.2) is 0 Å². The van der Waals surface area contributed by atoms with Crippen LogP contribution in [0.2, 0.25) is 0 Å². The quantitative estimate of drug-likeness (QED) is 0.359. The summed E-state index contributed by atoms with van der Waals surface area (Å²) < 4.78 is 0. The largest absolute Gasteiger partial charge is 0.329 e. The molecule has 2 fully saturated rings. The summed E-state index contributed by atoms with van der Waals surface area (Å²) in [5.41, 5.74) is 2.01. The van der Waals surface area contributed by atoms with E-state index in [1.165, 1.54) is 4.90 Å². The van der Waals surface area contributed by atoms with Gasteiger partial charge in [-0.3, -0.25) is 19.8 Å². The molecule has 2 saturated heterocycles. The first-order valence-corrected chi connectivity index (χ1v) is 6.16. The Labute approximate surface area is 105 Å². The van der Waals surface area contributed by atoms with E-state index in [-0.39, 0.29) is 18.4 Å². The predicted molar refractivity (Wildman–Crippen MR) is 62.9 cm³/mol. The van der Waals surface area contributed by atoms with E-state index >= 15 is 0 Å². The van der Waals surface area contributed by atoms with Crippen LogP contribution in [0.25, 0.3) is 0 Å². The minimum Gasteiger partial charge on any atom is -0.329 e. The van der Waals surface area contributed by atoms with Gasteiger partial charge in [-0.05, 0) is 26.2 Å². The Morgan fingerprint density at radius 3 is 2.83 bits per heavy atom. The van der Waals surface area contributed by atoms with E-state index in [4.69, 9.17) is 5.84 Å². The first-order valence-electron chi connectivity index (χ1n) is 6.16. The first-order chi connectivity index (χ1) is 8.56. The van der Waals surface area contributed by atoms with Crippen LogP contribution >= 0.6 is 0 Å². The van der Waals surface area contributed by atoms with Gasteiger partial charge in [0.05, 0.1) is 0 Å². The average Bonchev–Trinajstić information content (AvgIpc) is 2.41. The predicted octanol–water partition coefficient (Wildman–Crippen LogP) is -1.41. The van der Waals surface area contributed by atoms with Crippen LogP contribution < -0.4 is 11.3 Å². The fourth-order valence-electron chi connectivity index (χ4n) is 2.58. The molecule has 18 heavy (non-hydrogen) atoms. The topological polar surface area (TPSA) is 95.7 Å². The molecule has 2 heterocycles. The number of piperidine rings is 1. The lowest BCUT2D eigenvalue weighted by Crippen LogP contribution is -2.64. The average molecular weight is 254 g/mol. The number of nitrogens with two attached hydrogens (primary N) is 1. The lowest BCUT2D eigenvalue weighted by molar-refractivity contribution is -0.161. The smallest absolute Gasteiger partial charge is 0.256 e. The third kappa shape index (κ3) is 2.05. The number of carbonyl (C=O) groups is 3. The molecule has 0 bridgehead atoms. The highest BCUT2D eigenvalue weighted by atomic mass is 16.2. The molecule has 0 spiro atoms. The second-order valence-corrected chi connectivity index (χ2v) is 4.75. The zero-order chi connectivity index (χ0) is 13.3. The maximum absolute atomic E-state index is 12.3. The maximum Gasteiger partial charge on any atom is 0.256 e. The molecule has 3 N–H and O–H groups in total. The van der Waals surface area contributed by atoms with Crippen LogP contribution in [0.5, 0.6) is 0 Å². The van der Waals surface area contributed by atoms with Crippen molar-refractivity contribution in [2.45, 2.75) is 38.3 Å². The van der Waals surface area contributed by atoms with Gasteiger partial charge in [-0.25, -0.2) is 5.84 Å². The molecule has 3 amide bonds. The van der Waals surface area contributed by atoms with Crippen molar-refractivity contribution in [1.82, 2.24) is 15.2 Å². The van der Waals surface area contributed by atoms with Crippen molar-refractivity contribution < 1.29 is 14.4 Å². The summed E-state index contributed by atoms with van der Waals surface area (Å²) in [7, 11) is 0. The van der Waals surface area contributed by atoms with Crippen LogP contribution in [-0.2, 0) is 14.4 Å². The van der Waals surface area contributed by atoms with Crippen molar-refractivity contribution >= 4 is 17.7 Å². The molecule has 0 radical (unpaired) electrons. The number of carbonyl (C=O) groups excluding carboxylic acids is 3. The van der Waals surface area contributed by atoms with E-state index < -0.39 is 18.0 Å². The molecular formula is C11H18N4O3. The molecule has 0 aliphatic carbocycles. The summed E-state index contributed by atoms with van der Waals surface area (Å²) >= 11 is 0. The molecule has 2 atom stereocenters. The minimum atomic E-state index is -0.712. The molecule has 100 valence electrons. The summed E-state index contributed by atoms with van der Waals surface area (Å²) in [6.45, 7) is 2.18. The van der Waals surface area contributed by atoms with Gasteiger partial charge in [0.1, 0.15) is 18.6 Å². The summed E-state index contributed by atoms with van der Waals surface area (Å²) in [5.74, 6) is 4.37. The van der Waals surface area contributed by atoms with Gasteiger partial charge in [0.2, 0.25) is 11.8 Å². The lowest BCUT2D eigenvalue weighted by Gasteiger charge is -2.44. The van der Waals surface area contributed by atoms with Crippen LogP contribution in [0.1, 0.15) is 26.2 Å². The zero-order valence-corrected chi connectivity index (χ0v) is 10.4. The van der Waals surface area contributed by atoms with Gasteiger partial charge in [-0.1, -0.05) is 0 Å². The Morgan fingerprint density at radius 2 is 2.17 bits per heavy atom. The van der Waals surface area contributed by atoms with Gasteiger partial charge in [-0.15, -0.1) is 0 Å². The molecule has 0 saturated carbocycles. The normalized spacial score (nSPS) is 25.8. The number of hydrogen-bond donors (Lipinski definition) is 2. The number of piperazine rings is 1. The summed E-state index contributed by atoms with van der Waals surface area (Å²) in [5, 5.41) is 0. The van der Waals surface area contributed by atoms with E-state index in [9.17, 15) is 14.4 Å². The molecule has 0 aromatic heterocycles. The standard InChI is InChI=1S/C11H18N4O3/c1-7(10(17)13-12)15-6-9(16)14-5-3-2-4-8(14)11(15)18/h7-8H,2-6,12H2,1H3,(H,13,17). The summed E-state index contributed by atoms with van der Waals surface area (Å²) in [6.07, 6.45) is 2.55. The van der Waals surface area contributed by atoms with Crippen LogP contribution in [0.4, 0.5) is 0 Å². The van der Waals surface area contributed by atoms with Gasteiger partial charge in [0.25, 0.3) is 5.91 Å². The number of nitrogens with one attached hydrogen (secondary N) is 1. The van der Waals surface area contributed by atoms with Crippen molar-refractivity contribution in [1.29, 1.82) is 0 Å². The number of rotatable bonds is 2. The lowest BCUT2D eigenvalue weighted by atomic mass is 9.97. The summed E-state index contributed by atoms with van der Waals surface area (Å²) in [6, 6.07) is -1.11. The number of hydrazine groups is 1. The third-order valence-electron chi connectivity index (χ3n) is 3.69. The van der Waals surface area contributed by atoms with Crippen LogP contribution in [0.3, 0.4) is 0 Å². The molecule has 2 aliphatic heterocycles. The van der Waals surface area contributed by atoms with Gasteiger partial charge >= 0.3 is 0 Å². The van der Waals surface area contributed by atoms with Crippen LogP contribution in [0, 0.1) is 0 Å². The molecule has 2 unspecified atom stereocenters. The number of fused-ring (bicyclic) bond motifs is 1. The zero-order valence-electron chi connectivity index (χ0n) is 10.4. The highest BCUT2D eigenvalue weighted by Crippen LogP contribution is 2.24. The van der Waals surface area contributed by atoms with Crippen LogP contribution in [0.15, 0.2) is 0 Å². The third-order valence-corrected chi connectivity index (χ3v) is 3.69. The Hall–Kier alpha value is -1.63. The monoisotopic (exact) mass is 254 g/mol. The van der Waals surface area contributed by atoms with Crippen LogP contribution in [-0.4, -0.2) is 52.7 Å². The highest BCUT2D eigenvalue weighted by molar-refractivity contribution is 5.98. The number of hydrogen-bond acceptors (Lipinski definition) is 4. The number of amides is 3. The molecular weight excluding hydrogens is 236 g/mol. The fraction of sp³-hybridized carbons (Fsp3) is 0.727. The van der Waals surface area contributed by atoms with E-state index in [1.54, 1.807) is 11.8 Å². The van der Waals surface area contributed by atoms with Crippen molar-refractivity contribution in [3.05, 3.63) is 0 Å². The SMILES string of the molecule is CC(C(=O)NN)N1CC(=O)N2CCCCC2C1=O. The van der Waals surface area contributed by atoms with Crippen molar-refractivity contribution in [3.8, 4) is 0 Å². The molecule has 2 aliphatic rings. The molecule has 7 nitrogen and oxygen atoms in total. The highest BCUT2D eigenvalue weighted by Gasteiger charge is 2.43. The molecule has 0 aromatic rings. The van der Waals surface area contributed by atoms with E-state index in [1.807, 2.05) is 5.43 Å². The number of nitrogens with zero attached hydrogens (tertiary/aromatic N) is 2. The van der Waals surface area contributed by atoms with Gasteiger partial charge < -0.3 is 9.80 Å². The second-order valence-electron chi connectivity index (χ2n) is 4.75. The Balaban J connectivity index is 2.16. The molecule has 2 rings (SSSR count). The maximum atomic E-state index is 12.3. The Kier molecular flexibility index (Phi) is 3.51. The second kappa shape index (κ2) is 4.93. The van der Waals surface area contributed by atoms with Crippen molar-refractivity contribution in [3.63, 3.8) is 0 Å². The van der Waals surface area contributed by atoms with E-state index in [0.717, 1.165) is 12.8 Å². The van der Waals surface area contributed by atoms with Gasteiger partial charge in [-0.2, -0.15) is 0 Å². The minimum absolute atomic E-state index is 0.0378. The summed E-state index contributed by atoms with van der Waals surface area (Å²) in [4.78, 5) is 38.7. The van der Waals surface area contributed by atoms with Crippen molar-refractivity contribution in [2.75, 3.05) is 13.1 Å².